The van der Waals surface area contributed by atoms with Crippen molar-refractivity contribution in [3.63, 3.8) is 0 Å². The van der Waals surface area contributed by atoms with Crippen LogP contribution in [0.3, 0.4) is 0 Å². The van der Waals surface area contributed by atoms with Gasteiger partial charge in [-0.1, -0.05) is 6.08 Å². The number of unbranched alkanes of at least 4 members (excludes halogenated alkanes) is 1. The van der Waals surface area contributed by atoms with Crippen molar-refractivity contribution in [1.29, 1.82) is 5.26 Å². The van der Waals surface area contributed by atoms with Gasteiger partial charge < -0.3 is 0 Å². The highest BCUT2D eigenvalue weighted by atomic mass is 31.0. The Bertz CT molecular complexity index is 102. The Kier molecular flexibility index (Phi) is 6.38. The van der Waals surface area contributed by atoms with Crippen LogP contribution in [0.2, 0.25) is 0 Å². The number of allylic oxidation sites excluding steroid dienone is 2. The summed E-state index contributed by atoms with van der Waals surface area (Å²) in [7, 11) is 1.97. The number of hydrogen-bond donors (Lipinski definition) is 0. The molecule has 2 heteroatoms. The average molecular weight is 128 g/mol. The van der Waals surface area contributed by atoms with Crippen molar-refractivity contribution >= 4 is 9.24 Å². The molecule has 0 saturated heterocycles. The smallest absolute Gasteiger partial charge is 0.0908 e. The second-order valence-corrected chi connectivity index (χ2v) is 2.23. The van der Waals surface area contributed by atoms with Crippen LogP contribution < -0.4 is 0 Å². The van der Waals surface area contributed by atoms with Crippen LogP contribution >= 0.6 is 9.24 Å². The molecule has 0 fully saturated rings. The van der Waals surface area contributed by atoms with Crippen LogP contribution in [0.1, 0.15) is 12.8 Å². The molecule has 0 aromatic rings. The summed E-state index contributed by atoms with van der Waals surface area (Å²) >= 11 is 0. The first-order valence-corrected chi connectivity index (χ1v) is 3.75. The Balaban J connectivity index is 2.94. The Morgan fingerprint density at radius 1 is 1.62 bits per heavy atom. The van der Waals surface area contributed by atoms with E-state index in [-0.39, 0.29) is 0 Å². The Morgan fingerprint density at radius 3 is 2.88 bits per heavy atom. The SMILES string of the molecule is N#CC=CCCC[PH3+]. The van der Waals surface area contributed by atoms with Crippen LogP contribution in [-0.2, 0) is 0 Å². The predicted molar refractivity (Wildman–Crippen MR) is 40.0 cm³/mol. The maximum atomic E-state index is 8.03. The molecule has 0 N–H and O–H groups in total. The zero-order chi connectivity index (χ0) is 6.24. The van der Waals surface area contributed by atoms with E-state index in [4.69, 9.17) is 5.26 Å². The van der Waals surface area contributed by atoms with Gasteiger partial charge in [0.25, 0.3) is 0 Å². The highest BCUT2D eigenvalue weighted by Crippen LogP contribution is 1.93. The lowest BCUT2D eigenvalue weighted by atomic mass is 10.3. The van der Waals surface area contributed by atoms with Gasteiger partial charge in [0.05, 0.1) is 12.2 Å². The quantitative estimate of drug-likeness (QED) is 0.320. The summed E-state index contributed by atoms with van der Waals surface area (Å²) < 4.78 is 0. The third kappa shape index (κ3) is 5.66. The van der Waals surface area contributed by atoms with Crippen molar-refractivity contribution in [3.8, 4) is 6.07 Å². The van der Waals surface area contributed by atoms with Gasteiger partial charge in [-0.3, -0.25) is 0 Å². The molecular formula is C6H11NP+. The summed E-state index contributed by atoms with van der Waals surface area (Å²) in [4.78, 5) is 0. The molecule has 0 aromatic carbocycles. The van der Waals surface area contributed by atoms with Crippen molar-refractivity contribution in [2.45, 2.75) is 12.8 Å². The van der Waals surface area contributed by atoms with Crippen LogP contribution in [0, 0.1) is 11.3 Å². The van der Waals surface area contributed by atoms with E-state index in [1.165, 1.54) is 12.6 Å². The zero-order valence-electron chi connectivity index (χ0n) is 4.93. The van der Waals surface area contributed by atoms with E-state index >= 15 is 0 Å². The van der Waals surface area contributed by atoms with Gasteiger partial charge in [0.15, 0.2) is 0 Å². The predicted octanol–water partition coefficient (Wildman–Crippen LogP) is 1.45. The molecule has 0 spiro atoms. The Hall–Kier alpha value is -0.340. The van der Waals surface area contributed by atoms with Crippen LogP contribution in [0.4, 0.5) is 0 Å². The molecule has 0 rings (SSSR count). The minimum atomic E-state index is 1.05. The molecule has 1 atom stereocenters. The maximum Gasteiger partial charge on any atom is 0.0908 e. The Morgan fingerprint density at radius 2 is 2.38 bits per heavy atom. The first-order valence-electron chi connectivity index (χ1n) is 2.75. The van der Waals surface area contributed by atoms with Crippen molar-refractivity contribution in [3.05, 3.63) is 12.2 Å². The fraction of sp³-hybridized carbons (Fsp3) is 0.500. The first-order chi connectivity index (χ1) is 3.91. The van der Waals surface area contributed by atoms with E-state index < -0.39 is 0 Å². The van der Waals surface area contributed by atoms with Crippen LogP contribution in [0.5, 0.6) is 0 Å². The van der Waals surface area contributed by atoms with E-state index in [9.17, 15) is 0 Å². The fourth-order valence-electron chi connectivity index (χ4n) is 0.398. The second kappa shape index (κ2) is 6.66. The molecule has 0 aliphatic rings. The molecule has 0 radical (unpaired) electrons. The van der Waals surface area contributed by atoms with Gasteiger partial charge in [-0.2, -0.15) is 5.26 Å². The van der Waals surface area contributed by atoms with Gasteiger partial charge in [-0.15, -0.1) is 0 Å². The lowest BCUT2D eigenvalue weighted by Gasteiger charge is -1.79. The molecule has 0 aliphatic carbocycles. The van der Waals surface area contributed by atoms with Gasteiger partial charge in [-0.25, -0.2) is 0 Å². The number of rotatable bonds is 3. The van der Waals surface area contributed by atoms with E-state index in [1.54, 1.807) is 6.08 Å². The van der Waals surface area contributed by atoms with Crippen molar-refractivity contribution in [2.24, 2.45) is 0 Å². The highest BCUT2D eigenvalue weighted by Gasteiger charge is 1.77. The van der Waals surface area contributed by atoms with Gasteiger partial charge in [0, 0.05) is 6.08 Å². The lowest BCUT2D eigenvalue weighted by molar-refractivity contribution is 0.973. The van der Waals surface area contributed by atoms with E-state index in [2.05, 4.69) is 0 Å². The third-order valence-electron chi connectivity index (χ3n) is 0.813. The van der Waals surface area contributed by atoms with Crippen molar-refractivity contribution in [2.75, 3.05) is 6.16 Å². The molecule has 0 heterocycles. The van der Waals surface area contributed by atoms with Crippen LogP contribution in [0.15, 0.2) is 12.2 Å². The molecule has 0 bridgehead atoms. The third-order valence-corrected chi connectivity index (χ3v) is 1.31. The molecule has 0 aliphatic heterocycles. The molecule has 0 saturated carbocycles. The molecule has 0 aromatic heterocycles. The standard InChI is InChI=1S/C6H10NP/c7-5-3-1-2-4-6-8/h1,3H,2,4,6,8H2/p+1. The average Bonchev–Trinajstić information content (AvgIpc) is 1.81. The summed E-state index contributed by atoms with van der Waals surface area (Å²) in [5.74, 6) is 0. The van der Waals surface area contributed by atoms with E-state index in [0.29, 0.717) is 0 Å². The highest BCUT2D eigenvalue weighted by molar-refractivity contribution is 7.16. The van der Waals surface area contributed by atoms with E-state index in [0.717, 1.165) is 6.42 Å². The normalized spacial score (nSPS) is 9.88. The molecular weight excluding hydrogens is 117 g/mol. The van der Waals surface area contributed by atoms with Gasteiger partial charge >= 0.3 is 0 Å². The maximum absolute atomic E-state index is 8.03. The number of nitriles is 1. The Labute approximate surface area is 52.6 Å². The molecule has 1 nitrogen and oxygen atoms in total. The molecule has 8 heavy (non-hydrogen) atoms. The molecule has 0 amide bonds. The summed E-state index contributed by atoms with van der Waals surface area (Å²) in [6.45, 7) is 0. The fourth-order valence-corrected chi connectivity index (χ4v) is 0.687. The lowest BCUT2D eigenvalue weighted by Crippen LogP contribution is -1.68. The topological polar surface area (TPSA) is 23.8 Å². The largest absolute Gasteiger partial charge is 0.193 e. The van der Waals surface area contributed by atoms with Crippen molar-refractivity contribution < 1.29 is 0 Å². The number of nitrogens with zero attached hydrogens (tertiary/aromatic N) is 1. The van der Waals surface area contributed by atoms with Gasteiger partial charge in [0.1, 0.15) is 0 Å². The monoisotopic (exact) mass is 128 g/mol. The summed E-state index contributed by atoms with van der Waals surface area (Å²) in [5, 5.41) is 8.03. The minimum absolute atomic E-state index is 1.05. The van der Waals surface area contributed by atoms with Crippen molar-refractivity contribution in [1.82, 2.24) is 0 Å². The zero-order valence-corrected chi connectivity index (χ0v) is 6.34. The van der Waals surface area contributed by atoms with Crippen LogP contribution in [0.25, 0.3) is 0 Å². The second-order valence-electron chi connectivity index (χ2n) is 1.53. The molecule has 1 unspecified atom stereocenters. The van der Waals surface area contributed by atoms with E-state index in [1.807, 2.05) is 21.4 Å². The van der Waals surface area contributed by atoms with Gasteiger partial charge in [0.2, 0.25) is 0 Å². The number of hydrogen-bond acceptors (Lipinski definition) is 1. The molecule has 44 valence electrons. The summed E-state index contributed by atoms with van der Waals surface area (Å²) in [6.07, 6.45) is 6.94. The van der Waals surface area contributed by atoms with Gasteiger partial charge in [-0.05, 0) is 22.1 Å². The minimum Gasteiger partial charge on any atom is -0.193 e. The first kappa shape index (κ1) is 7.66. The summed E-state index contributed by atoms with van der Waals surface area (Å²) in [6, 6.07) is 1.95. The van der Waals surface area contributed by atoms with Crippen LogP contribution in [-0.4, -0.2) is 6.16 Å². The summed E-state index contributed by atoms with van der Waals surface area (Å²) in [5.41, 5.74) is 0.